The Labute approximate surface area is 195 Å². The molecule has 2 N–H and O–H groups in total. The van der Waals surface area contributed by atoms with Crippen molar-refractivity contribution in [3.05, 3.63) is 35.4 Å². The highest BCUT2D eigenvalue weighted by Gasteiger charge is 2.50. The highest BCUT2D eigenvalue weighted by atomic mass is 32.2. The molecule has 0 bridgehead atoms. The van der Waals surface area contributed by atoms with Gasteiger partial charge in [0, 0.05) is 30.8 Å². The van der Waals surface area contributed by atoms with E-state index in [1.165, 1.54) is 11.1 Å². The maximum Gasteiger partial charge on any atom is 0.230 e. The van der Waals surface area contributed by atoms with Gasteiger partial charge in [0.25, 0.3) is 0 Å². The van der Waals surface area contributed by atoms with Gasteiger partial charge in [-0.1, -0.05) is 61.4 Å². The van der Waals surface area contributed by atoms with Crippen LogP contribution in [0.4, 0.5) is 0 Å². The summed E-state index contributed by atoms with van der Waals surface area (Å²) >= 11 is 1.72. The number of nitrogens with one attached hydrogen (secondary N) is 2. The molecule has 8 heteroatoms. The molecule has 3 aliphatic rings. The van der Waals surface area contributed by atoms with E-state index in [1.54, 1.807) is 11.8 Å². The minimum atomic E-state index is -0.293. The molecule has 2 aliphatic heterocycles. The number of hydrogen-bond donors (Lipinski definition) is 2. The van der Waals surface area contributed by atoms with Gasteiger partial charge in [-0.25, -0.2) is 0 Å². The molecule has 1 saturated carbocycles. The number of carbonyl (C=O) groups is 2. The van der Waals surface area contributed by atoms with Crippen molar-refractivity contribution in [1.82, 2.24) is 20.5 Å². The third kappa shape index (κ3) is 4.90. The van der Waals surface area contributed by atoms with Crippen LogP contribution in [-0.4, -0.2) is 51.7 Å². The lowest BCUT2D eigenvalue weighted by molar-refractivity contribution is -0.155. The Bertz CT molecular complexity index is 876. The molecule has 0 aromatic heterocycles. The molecule has 1 aromatic carbocycles. The Balaban J connectivity index is 1.46. The second-order valence-electron chi connectivity index (χ2n) is 9.20. The topological polar surface area (TPSA) is 77.0 Å². The van der Waals surface area contributed by atoms with Gasteiger partial charge in [-0.2, -0.15) is 5.10 Å². The zero-order valence-corrected chi connectivity index (χ0v) is 20.2. The molecule has 0 radical (unpaired) electrons. The number of amidine groups is 1. The highest BCUT2D eigenvalue weighted by Crippen LogP contribution is 2.39. The third-order valence-corrected chi connectivity index (χ3v) is 7.83. The van der Waals surface area contributed by atoms with E-state index in [2.05, 4.69) is 58.9 Å². The van der Waals surface area contributed by atoms with Gasteiger partial charge in [0.1, 0.15) is 0 Å². The number of hydrogen-bond acceptors (Lipinski definition) is 6. The van der Waals surface area contributed by atoms with Crippen molar-refractivity contribution in [3.63, 3.8) is 0 Å². The van der Waals surface area contributed by atoms with E-state index < -0.39 is 0 Å². The number of aryl methyl sites for hydroxylation is 1. The predicted molar refractivity (Wildman–Crippen MR) is 129 cm³/mol. The molecular weight excluding hydrogens is 422 g/mol. The third-order valence-electron chi connectivity index (χ3n) is 6.79. The number of rotatable bonds is 7. The largest absolute Gasteiger partial charge is 0.354 e. The van der Waals surface area contributed by atoms with Crippen molar-refractivity contribution in [2.45, 2.75) is 83.4 Å². The summed E-state index contributed by atoms with van der Waals surface area (Å²) in [6.45, 7) is 6.57. The molecule has 1 aromatic rings. The summed E-state index contributed by atoms with van der Waals surface area (Å²) in [5.74, 6) is 0.994. The van der Waals surface area contributed by atoms with Gasteiger partial charge in [-0.15, -0.1) is 0 Å². The minimum Gasteiger partial charge on any atom is -0.354 e. The summed E-state index contributed by atoms with van der Waals surface area (Å²) < 4.78 is 0. The Kier molecular flexibility index (Phi) is 7.28. The van der Waals surface area contributed by atoms with Crippen LogP contribution in [0.5, 0.6) is 0 Å². The minimum absolute atomic E-state index is 0.00238. The molecule has 2 amide bonds. The predicted octanol–water partition coefficient (Wildman–Crippen LogP) is 3.39. The van der Waals surface area contributed by atoms with E-state index in [-0.39, 0.29) is 36.1 Å². The van der Waals surface area contributed by atoms with Crippen molar-refractivity contribution in [1.29, 1.82) is 0 Å². The highest BCUT2D eigenvalue weighted by molar-refractivity contribution is 8.13. The zero-order valence-electron chi connectivity index (χ0n) is 19.3. The molecule has 4 atom stereocenters. The van der Waals surface area contributed by atoms with Crippen LogP contribution in [0.1, 0.15) is 63.5 Å². The molecule has 2 heterocycles. The second kappa shape index (κ2) is 10.1. The summed E-state index contributed by atoms with van der Waals surface area (Å²) in [5.41, 5.74) is 5.74. The summed E-state index contributed by atoms with van der Waals surface area (Å²) in [4.78, 5) is 29.9. The molecule has 4 rings (SSSR count). The standard InChI is InChI=1S/C24H35N5O2S/c1-4-17(3)25-21(30)12-13-28-22(31)19-10-5-6-11-20(19)29-23(28)26-27-24(29)32-15-18-9-7-8-16(2)14-18/h7-9,14,17,19-20,23,26H,4-6,10-13,15H2,1-3H3,(H,25,30). The summed E-state index contributed by atoms with van der Waals surface area (Å²) in [5, 5.41) is 8.61. The Hall–Kier alpha value is -2.22. The fraction of sp³-hybridized carbons (Fsp3) is 0.625. The van der Waals surface area contributed by atoms with Crippen molar-refractivity contribution < 1.29 is 9.59 Å². The maximum absolute atomic E-state index is 13.4. The number of fused-ring (bicyclic) bond motifs is 3. The fourth-order valence-electron chi connectivity index (χ4n) is 4.91. The molecule has 1 aliphatic carbocycles. The first-order valence-electron chi connectivity index (χ1n) is 11.9. The number of nitrogens with zero attached hydrogens (tertiary/aromatic N) is 3. The Morgan fingerprint density at radius 3 is 2.94 bits per heavy atom. The number of benzene rings is 1. The van der Waals surface area contributed by atoms with Gasteiger partial charge in [-0.3, -0.25) is 15.0 Å². The number of thioether (sulfide) groups is 1. The molecule has 4 unspecified atom stereocenters. The molecule has 2 fully saturated rings. The van der Waals surface area contributed by atoms with E-state index in [0.717, 1.165) is 43.0 Å². The monoisotopic (exact) mass is 457 g/mol. The number of hydrazone groups is 1. The van der Waals surface area contributed by atoms with Gasteiger partial charge < -0.3 is 15.1 Å². The lowest BCUT2D eigenvalue weighted by atomic mass is 9.81. The average molecular weight is 458 g/mol. The summed E-state index contributed by atoms with van der Waals surface area (Å²) in [6, 6.07) is 8.88. The van der Waals surface area contributed by atoms with E-state index in [4.69, 9.17) is 0 Å². The zero-order chi connectivity index (χ0) is 22.7. The van der Waals surface area contributed by atoms with Gasteiger partial charge in [0.15, 0.2) is 11.5 Å². The number of amides is 2. The smallest absolute Gasteiger partial charge is 0.230 e. The van der Waals surface area contributed by atoms with Crippen molar-refractivity contribution in [2.24, 2.45) is 11.0 Å². The van der Waals surface area contributed by atoms with Gasteiger partial charge in [-0.05, 0) is 38.7 Å². The lowest BCUT2D eigenvalue weighted by Crippen LogP contribution is -2.67. The second-order valence-corrected chi connectivity index (χ2v) is 10.1. The first kappa shape index (κ1) is 23.0. The molecule has 1 saturated heterocycles. The van der Waals surface area contributed by atoms with Crippen LogP contribution in [0.2, 0.25) is 0 Å². The summed E-state index contributed by atoms with van der Waals surface area (Å²) in [6.07, 6.45) is 5.07. The van der Waals surface area contributed by atoms with Crippen LogP contribution >= 0.6 is 11.8 Å². The molecule has 7 nitrogen and oxygen atoms in total. The van der Waals surface area contributed by atoms with Crippen molar-refractivity contribution >= 4 is 28.7 Å². The van der Waals surface area contributed by atoms with Crippen LogP contribution in [0.15, 0.2) is 29.4 Å². The van der Waals surface area contributed by atoms with Crippen LogP contribution in [0.3, 0.4) is 0 Å². The number of carbonyl (C=O) groups excluding carboxylic acids is 2. The van der Waals surface area contributed by atoms with Gasteiger partial charge >= 0.3 is 0 Å². The maximum atomic E-state index is 13.4. The Morgan fingerprint density at radius 2 is 2.16 bits per heavy atom. The van der Waals surface area contributed by atoms with Crippen LogP contribution in [0.25, 0.3) is 0 Å². The normalized spacial score (nSPS) is 25.5. The SMILES string of the molecule is CCC(C)NC(=O)CCN1C(=O)C2CCCCC2N2C(SCc3cccc(C)c3)=NNC12. The molecule has 0 spiro atoms. The average Bonchev–Trinajstić information content (AvgIpc) is 3.21. The van der Waals surface area contributed by atoms with E-state index in [0.29, 0.717) is 13.0 Å². The Morgan fingerprint density at radius 1 is 1.34 bits per heavy atom. The van der Waals surface area contributed by atoms with Crippen LogP contribution in [-0.2, 0) is 15.3 Å². The van der Waals surface area contributed by atoms with E-state index in [1.807, 2.05) is 11.8 Å². The molecule has 32 heavy (non-hydrogen) atoms. The van der Waals surface area contributed by atoms with Gasteiger partial charge in [0.05, 0.1) is 5.92 Å². The van der Waals surface area contributed by atoms with Crippen LogP contribution < -0.4 is 10.7 Å². The quantitative estimate of drug-likeness (QED) is 0.656. The van der Waals surface area contributed by atoms with Crippen molar-refractivity contribution in [2.75, 3.05) is 6.54 Å². The lowest BCUT2D eigenvalue weighted by Gasteiger charge is -2.50. The van der Waals surface area contributed by atoms with E-state index in [9.17, 15) is 9.59 Å². The van der Waals surface area contributed by atoms with Gasteiger partial charge in [0.2, 0.25) is 11.8 Å². The van der Waals surface area contributed by atoms with Crippen molar-refractivity contribution in [3.8, 4) is 0 Å². The molecular formula is C24H35N5O2S. The first-order chi connectivity index (χ1) is 15.5. The fourth-order valence-corrected chi connectivity index (χ4v) is 5.88. The van der Waals surface area contributed by atoms with Crippen LogP contribution in [0, 0.1) is 12.8 Å². The summed E-state index contributed by atoms with van der Waals surface area (Å²) in [7, 11) is 0. The molecule has 174 valence electrons. The van der Waals surface area contributed by atoms with E-state index >= 15 is 0 Å². The first-order valence-corrected chi connectivity index (χ1v) is 12.9.